The van der Waals surface area contributed by atoms with Crippen LogP contribution in [0.5, 0.6) is 0 Å². The van der Waals surface area contributed by atoms with E-state index in [-0.39, 0.29) is 5.41 Å². The Morgan fingerprint density at radius 1 is 1.38 bits per heavy atom. The number of aromatic nitrogens is 2. The van der Waals surface area contributed by atoms with Crippen LogP contribution in [-0.2, 0) is 5.41 Å². The number of rotatable bonds is 3. The standard InChI is InChI=1S/C16H20BrN3O/c1-16(2,12-6-4-8-18-10-12)15-19-14(20-21-15)11-5-3-7-13(17)9-11/h3,5,7,9,12,18H,4,6,8,10H2,1-2H3. The molecule has 1 unspecified atom stereocenters. The van der Waals surface area contributed by atoms with Crippen LogP contribution in [0.3, 0.4) is 0 Å². The fourth-order valence-corrected chi connectivity index (χ4v) is 3.27. The number of halogens is 1. The SMILES string of the molecule is CC(C)(c1nc(-c2cccc(Br)c2)no1)C1CCCNC1. The second-order valence-corrected chi connectivity index (χ2v) is 7.11. The molecule has 0 saturated carbocycles. The summed E-state index contributed by atoms with van der Waals surface area (Å²) in [5.41, 5.74) is 0.863. The van der Waals surface area contributed by atoms with Crippen molar-refractivity contribution in [1.82, 2.24) is 15.5 Å². The molecule has 1 atom stereocenters. The van der Waals surface area contributed by atoms with Gasteiger partial charge in [0, 0.05) is 15.5 Å². The topological polar surface area (TPSA) is 51.0 Å². The van der Waals surface area contributed by atoms with Crippen LogP contribution in [0.1, 0.15) is 32.6 Å². The van der Waals surface area contributed by atoms with Crippen LogP contribution in [0.15, 0.2) is 33.3 Å². The molecular weight excluding hydrogens is 330 g/mol. The molecule has 2 aromatic rings. The van der Waals surface area contributed by atoms with Crippen molar-refractivity contribution in [3.63, 3.8) is 0 Å². The molecule has 1 aromatic carbocycles. The van der Waals surface area contributed by atoms with Crippen molar-refractivity contribution in [2.45, 2.75) is 32.1 Å². The molecule has 1 aliphatic heterocycles. The van der Waals surface area contributed by atoms with Crippen LogP contribution >= 0.6 is 15.9 Å². The zero-order valence-corrected chi connectivity index (χ0v) is 14.0. The van der Waals surface area contributed by atoms with Gasteiger partial charge in [-0.3, -0.25) is 0 Å². The number of benzene rings is 1. The van der Waals surface area contributed by atoms with Gasteiger partial charge in [0.25, 0.3) is 0 Å². The predicted molar refractivity (Wildman–Crippen MR) is 86.1 cm³/mol. The van der Waals surface area contributed by atoms with Crippen molar-refractivity contribution in [3.05, 3.63) is 34.6 Å². The molecule has 112 valence electrons. The Bertz CT molecular complexity index is 617. The van der Waals surface area contributed by atoms with E-state index in [0.29, 0.717) is 11.7 Å². The highest BCUT2D eigenvalue weighted by Gasteiger charge is 2.37. The maximum absolute atomic E-state index is 5.57. The van der Waals surface area contributed by atoms with Gasteiger partial charge in [0.1, 0.15) is 0 Å². The van der Waals surface area contributed by atoms with E-state index in [9.17, 15) is 0 Å². The molecule has 1 aromatic heterocycles. The lowest BCUT2D eigenvalue weighted by Gasteiger charge is -2.34. The van der Waals surface area contributed by atoms with Crippen molar-refractivity contribution >= 4 is 15.9 Å². The normalized spacial score (nSPS) is 19.7. The van der Waals surface area contributed by atoms with Gasteiger partial charge < -0.3 is 9.84 Å². The summed E-state index contributed by atoms with van der Waals surface area (Å²) in [6.45, 7) is 6.52. The zero-order chi connectivity index (χ0) is 14.9. The van der Waals surface area contributed by atoms with Crippen molar-refractivity contribution in [1.29, 1.82) is 0 Å². The van der Waals surface area contributed by atoms with Crippen molar-refractivity contribution < 1.29 is 4.52 Å². The van der Waals surface area contributed by atoms with E-state index in [1.807, 2.05) is 24.3 Å². The monoisotopic (exact) mass is 349 g/mol. The third-order valence-electron chi connectivity index (χ3n) is 4.38. The van der Waals surface area contributed by atoms with E-state index >= 15 is 0 Å². The second kappa shape index (κ2) is 5.89. The lowest BCUT2D eigenvalue weighted by Crippen LogP contribution is -2.40. The molecule has 1 fully saturated rings. The molecule has 21 heavy (non-hydrogen) atoms. The fourth-order valence-electron chi connectivity index (χ4n) is 2.87. The fraction of sp³-hybridized carbons (Fsp3) is 0.500. The summed E-state index contributed by atoms with van der Waals surface area (Å²) in [4.78, 5) is 4.64. The molecule has 4 nitrogen and oxygen atoms in total. The first-order valence-corrected chi connectivity index (χ1v) is 8.17. The Hall–Kier alpha value is -1.20. The molecule has 1 N–H and O–H groups in total. The molecule has 1 saturated heterocycles. The lowest BCUT2D eigenvalue weighted by atomic mass is 9.75. The van der Waals surface area contributed by atoms with E-state index in [0.717, 1.165) is 29.0 Å². The van der Waals surface area contributed by atoms with Crippen molar-refractivity contribution in [2.24, 2.45) is 5.92 Å². The largest absolute Gasteiger partial charge is 0.338 e. The maximum atomic E-state index is 5.57. The summed E-state index contributed by atoms with van der Waals surface area (Å²) >= 11 is 3.47. The Kier molecular flexibility index (Phi) is 4.13. The third-order valence-corrected chi connectivity index (χ3v) is 4.87. The van der Waals surface area contributed by atoms with Gasteiger partial charge in [-0.05, 0) is 44.0 Å². The molecule has 1 aliphatic rings. The first kappa shape index (κ1) is 14.7. The van der Waals surface area contributed by atoms with E-state index in [1.54, 1.807) is 0 Å². The van der Waals surface area contributed by atoms with Gasteiger partial charge in [-0.2, -0.15) is 4.98 Å². The first-order valence-electron chi connectivity index (χ1n) is 7.38. The Morgan fingerprint density at radius 3 is 2.95 bits per heavy atom. The minimum Gasteiger partial charge on any atom is -0.338 e. The predicted octanol–water partition coefficient (Wildman–Crippen LogP) is 3.78. The van der Waals surface area contributed by atoms with E-state index < -0.39 is 0 Å². The molecule has 2 heterocycles. The smallest absolute Gasteiger partial charge is 0.232 e. The maximum Gasteiger partial charge on any atom is 0.232 e. The lowest BCUT2D eigenvalue weighted by molar-refractivity contribution is 0.196. The van der Waals surface area contributed by atoms with Gasteiger partial charge in [0.2, 0.25) is 11.7 Å². The summed E-state index contributed by atoms with van der Waals surface area (Å²) in [7, 11) is 0. The van der Waals surface area contributed by atoms with Crippen LogP contribution < -0.4 is 5.32 Å². The molecule has 0 spiro atoms. The van der Waals surface area contributed by atoms with Crippen molar-refractivity contribution in [2.75, 3.05) is 13.1 Å². The summed E-state index contributed by atoms with van der Waals surface area (Å²) in [6.07, 6.45) is 2.41. The van der Waals surface area contributed by atoms with Crippen LogP contribution in [0.25, 0.3) is 11.4 Å². The number of nitrogens with one attached hydrogen (secondary N) is 1. The Balaban J connectivity index is 1.86. The molecular formula is C16H20BrN3O. The molecule has 5 heteroatoms. The van der Waals surface area contributed by atoms with E-state index in [4.69, 9.17) is 4.52 Å². The highest BCUT2D eigenvalue weighted by atomic mass is 79.9. The second-order valence-electron chi connectivity index (χ2n) is 6.20. The van der Waals surface area contributed by atoms with Gasteiger partial charge in [-0.1, -0.05) is 47.1 Å². The van der Waals surface area contributed by atoms with E-state index in [2.05, 4.69) is 45.2 Å². The molecule has 0 bridgehead atoms. The molecule has 3 rings (SSSR count). The number of piperidine rings is 1. The summed E-state index contributed by atoms with van der Waals surface area (Å²) in [5.74, 6) is 1.91. The molecule has 0 radical (unpaired) electrons. The van der Waals surface area contributed by atoms with Gasteiger partial charge in [0.05, 0.1) is 0 Å². The van der Waals surface area contributed by atoms with Crippen LogP contribution in [0.4, 0.5) is 0 Å². The Morgan fingerprint density at radius 2 is 2.24 bits per heavy atom. The minimum atomic E-state index is -0.106. The first-order chi connectivity index (χ1) is 10.1. The molecule has 0 aliphatic carbocycles. The third kappa shape index (κ3) is 3.04. The summed E-state index contributed by atoms with van der Waals surface area (Å²) in [6, 6.07) is 7.96. The van der Waals surface area contributed by atoms with Crippen LogP contribution in [0.2, 0.25) is 0 Å². The van der Waals surface area contributed by atoms with Crippen LogP contribution in [0, 0.1) is 5.92 Å². The number of hydrogen-bond donors (Lipinski definition) is 1. The van der Waals surface area contributed by atoms with E-state index in [1.165, 1.54) is 12.8 Å². The summed E-state index contributed by atoms with van der Waals surface area (Å²) in [5, 5.41) is 7.62. The van der Waals surface area contributed by atoms with Gasteiger partial charge in [0.15, 0.2) is 0 Å². The highest BCUT2D eigenvalue weighted by Crippen LogP contribution is 2.35. The Labute approximate surface area is 133 Å². The van der Waals surface area contributed by atoms with Crippen molar-refractivity contribution in [3.8, 4) is 11.4 Å². The minimum absolute atomic E-state index is 0.106. The zero-order valence-electron chi connectivity index (χ0n) is 12.4. The van der Waals surface area contributed by atoms with Gasteiger partial charge >= 0.3 is 0 Å². The average molecular weight is 350 g/mol. The summed E-state index contributed by atoms with van der Waals surface area (Å²) < 4.78 is 6.59. The van der Waals surface area contributed by atoms with Gasteiger partial charge in [-0.15, -0.1) is 0 Å². The number of nitrogens with zero attached hydrogens (tertiary/aromatic N) is 2. The van der Waals surface area contributed by atoms with Crippen LogP contribution in [-0.4, -0.2) is 23.2 Å². The quantitative estimate of drug-likeness (QED) is 0.915. The van der Waals surface area contributed by atoms with Gasteiger partial charge in [-0.25, -0.2) is 0 Å². The number of hydrogen-bond acceptors (Lipinski definition) is 4. The highest BCUT2D eigenvalue weighted by molar-refractivity contribution is 9.10. The average Bonchev–Trinajstić information content (AvgIpc) is 2.99. The molecule has 0 amide bonds.